The van der Waals surface area contributed by atoms with E-state index in [1.54, 1.807) is 0 Å². The monoisotopic (exact) mass is 372 g/mol. The summed E-state index contributed by atoms with van der Waals surface area (Å²) in [5.74, 6) is 1.99. The van der Waals surface area contributed by atoms with Crippen LogP contribution in [0.4, 0.5) is 0 Å². The lowest BCUT2D eigenvalue weighted by Crippen LogP contribution is -2.39. The third-order valence-corrected chi connectivity index (χ3v) is 4.84. The molecule has 1 aromatic carbocycles. The first kappa shape index (κ1) is 21.2. The quantitative estimate of drug-likeness (QED) is 0.362. The lowest BCUT2D eigenvalue weighted by atomic mass is 10.3. The first-order valence-electron chi connectivity index (χ1n) is 10.4. The first-order chi connectivity index (χ1) is 13.2. The summed E-state index contributed by atoms with van der Waals surface area (Å²) in [6.07, 6.45) is 2.13. The van der Waals surface area contributed by atoms with Crippen LogP contribution in [-0.4, -0.2) is 59.7 Å². The fourth-order valence-corrected chi connectivity index (χ4v) is 3.29. The van der Waals surface area contributed by atoms with Gasteiger partial charge in [0.15, 0.2) is 5.96 Å². The molecule has 0 saturated heterocycles. The Bertz CT molecular complexity index is 702. The van der Waals surface area contributed by atoms with Gasteiger partial charge in [0.25, 0.3) is 0 Å². The highest BCUT2D eigenvalue weighted by Crippen LogP contribution is 2.15. The molecule has 0 unspecified atom stereocenters. The van der Waals surface area contributed by atoms with E-state index in [1.807, 2.05) is 6.07 Å². The number of nitrogens with one attached hydrogen (secondary N) is 2. The zero-order valence-electron chi connectivity index (χ0n) is 17.5. The number of aromatic nitrogens is 2. The Hall–Kier alpha value is -2.08. The lowest BCUT2D eigenvalue weighted by Gasteiger charge is -2.18. The lowest BCUT2D eigenvalue weighted by molar-refractivity contribution is 0.300. The topological polar surface area (TPSA) is 57.5 Å². The van der Waals surface area contributed by atoms with Gasteiger partial charge in [-0.25, -0.2) is 4.98 Å². The van der Waals surface area contributed by atoms with Gasteiger partial charge in [0.2, 0.25) is 0 Å². The highest BCUT2D eigenvalue weighted by molar-refractivity contribution is 5.79. The largest absolute Gasteiger partial charge is 0.357 e. The Morgan fingerprint density at radius 2 is 1.89 bits per heavy atom. The van der Waals surface area contributed by atoms with Crippen molar-refractivity contribution in [2.75, 3.05) is 39.3 Å². The molecule has 6 heteroatoms. The highest BCUT2D eigenvalue weighted by Gasteiger charge is 2.06. The van der Waals surface area contributed by atoms with Crippen molar-refractivity contribution in [1.29, 1.82) is 0 Å². The maximum atomic E-state index is 4.73. The van der Waals surface area contributed by atoms with E-state index < -0.39 is 0 Å². The SMILES string of the molecule is CCNC(=NCCCn1c(C)nc2ccccc21)NCCCN(CC)CC. The van der Waals surface area contributed by atoms with Crippen molar-refractivity contribution in [2.24, 2.45) is 4.99 Å². The molecule has 6 nitrogen and oxygen atoms in total. The van der Waals surface area contributed by atoms with Gasteiger partial charge in [-0.1, -0.05) is 26.0 Å². The van der Waals surface area contributed by atoms with Gasteiger partial charge in [-0.2, -0.15) is 0 Å². The number of guanidine groups is 1. The van der Waals surface area contributed by atoms with E-state index in [2.05, 4.69) is 71.0 Å². The van der Waals surface area contributed by atoms with E-state index >= 15 is 0 Å². The molecule has 0 atom stereocenters. The van der Waals surface area contributed by atoms with Crippen LogP contribution < -0.4 is 10.6 Å². The predicted octanol–water partition coefficient (Wildman–Crippen LogP) is 3.02. The number of nitrogens with zero attached hydrogens (tertiary/aromatic N) is 4. The number of hydrogen-bond donors (Lipinski definition) is 2. The minimum atomic E-state index is 0.803. The summed E-state index contributed by atoms with van der Waals surface area (Å²) in [6.45, 7) is 15.6. The maximum absolute atomic E-state index is 4.73. The number of imidazole rings is 1. The van der Waals surface area contributed by atoms with Gasteiger partial charge in [0, 0.05) is 26.2 Å². The molecule has 0 radical (unpaired) electrons. The van der Waals surface area contributed by atoms with Crippen LogP contribution in [0.3, 0.4) is 0 Å². The second kappa shape index (κ2) is 11.6. The summed E-state index contributed by atoms with van der Waals surface area (Å²) in [6, 6.07) is 8.32. The highest BCUT2D eigenvalue weighted by atomic mass is 15.2. The van der Waals surface area contributed by atoms with Gasteiger partial charge in [0.1, 0.15) is 5.82 Å². The molecule has 0 amide bonds. The number of fused-ring (bicyclic) bond motifs is 1. The Morgan fingerprint density at radius 3 is 2.63 bits per heavy atom. The van der Waals surface area contributed by atoms with Crippen LogP contribution in [0, 0.1) is 6.92 Å². The molecule has 0 spiro atoms. The molecule has 0 fully saturated rings. The summed E-state index contributed by atoms with van der Waals surface area (Å²) in [5.41, 5.74) is 2.28. The summed E-state index contributed by atoms with van der Waals surface area (Å²) in [4.78, 5) is 11.8. The van der Waals surface area contributed by atoms with Crippen molar-refractivity contribution in [3.05, 3.63) is 30.1 Å². The number of hydrogen-bond acceptors (Lipinski definition) is 3. The molecule has 150 valence electrons. The van der Waals surface area contributed by atoms with Gasteiger partial charge in [-0.3, -0.25) is 4.99 Å². The Kier molecular flexibility index (Phi) is 9.11. The molecule has 0 bridgehead atoms. The second-order valence-electron chi connectivity index (χ2n) is 6.72. The Morgan fingerprint density at radius 1 is 1.11 bits per heavy atom. The van der Waals surface area contributed by atoms with Crippen molar-refractivity contribution in [3.63, 3.8) is 0 Å². The van der Waals surface area contributed by atoms with Gasteiger partial charge < -0.3 is 20.1 Å². The van der Waals surface area contributed by atoms with E-state index in [0.717, 1.165) is 76.0 Å². The minimum absolute atomic E-state index is 0.803. The number of para-hydroxylation sites is 2. The molecule has 27 heavy (non-hydrogen) atoms. The molecule has 1 aromatic heterocycles. The molecule has 0 aliphatic carbocycles. The molecule has 1 heterocycles. The maximum Gasteiger partial charge on any atom is 0.191 e. The summed E-state index contributed by atoms with van der Waals surface area (Å²) in [7, 11) is 0. The first-order valence-corrected chi connectivity index (χ1v) is 10.4. The molecular weight excluding hydrogens is 336 g/mol. The normalized spacial score (nSPS) is 12.1. The van der Waals surface area contributed by atoms with Gasteiger partial charge >= 0.3 is 0 Å². The summed E-state index contributed by atoms with van der Waals surface area (Å²) >= 11 is 0. The van der Waals surface area contributed by atoms with Crippen LogP contribution >= 0.6 is 0 Å². The average molecular weight is 373 g/mol. The zero-order chi connectivity index (χ0) is 19.5. The number of rotatable bonds is 11. The van der Waals surface area contributed by atoms with Crippen molar-refractivity contribution < 1.29 is 0 Å². The minimum Gasteiger partial charge on any atom is -0.357 e. The van der Waals surface area contributed by atoms with E-state index in [-0.39, 0.29) is 0 Å². The smallest absolute Gasteiger partial charge is 0.191 e. The van der Waals surface area contributed by atoms with Gasteiger partial charge in [-0.05, 0) is 58.5 Å². The number of aryl methyl sites for hydroxylation is 2. The fourth-order valence-electron chi connectivity index (χ4n) is 3.29. The van der Waals surface area contributed by atoms with Crippen molar-refractivity contribution in [2.45, 2.75) is 47.1 Å². The third-order valence-electron chi connectivity index (χ3n) is 4.84. The predicted molar refractivity (Wildman–Crippen MR) is 115 cm³/mol. The number of benzene rings is 1. The third kappa shape index (κ3) is 6.54. The van der Waals surface area contributed by atoms with Crippen LogP contribution in [0.2, 0.25) is 0 Å². The van der Waals surface area contributed by atoms with E-state index in [1.165, 1.54) is 5.52 Å². The van der Waals surface area contributed by atoms with Crippen LogP contribution in [0.5, 0.6) is 0 Å². The number of aliphatic imine (C=N–C) groups is 1. The van der Waals surface area contributed by atoms with Crippen LogP contribution in [0.25, 0.3) is 11.0 Å². The molecule has 2 N–H and O–H groups in total. The summed E-state index contributed by atoms with van der Waals surface area (Å²) in [5, 5.41) is 6.79. The van der Waals surface area contributed by atoms with Crippen molar-refractivity contribution in [3.8, 4) is 0 Å². The zero-order valence-corrected chi connectivity index (χ0v) is 17.5. The van der Waals surface area contributed by atoms with E-state index in [0.29, 0.717) is 0 Å². The van der Waals surface area contributed by atoms with Crippen LogP contribution in [0.1, 0.15) is 39.4 Å². The Labute approximate surface area is 164 Å². The molecular formula is C21H36N6. The van der Waals surface area contributed by atoms with E-state index in [4.69, 9.17) is 4.99 Å². The molecule has 0 aliphatic heterocycles. The molecule has 2 aromatic rings. The molecule has 0 aliphatic rings. The Balaban J connectivity index is 1.79. The van der Waals surface area contributed by atoms with Crippen molar-refractivity contribution >= 4 is 17.0 Å². The average Bonchev–Trinajstić information content (AvgIpc) is 3.00. The second-order valence-corrected chi connectivity index (χ2v) is 6.72. The summed E-state index contributed by atoms with van der Waals surface area (Å²) < 4.78 is 2.29. The van der Waals surface area contributed by atoms with Gasteiger partial charge in [0.05, 0.1) is 11.0 Å². The van der Waals surface area contributed by atoms with Crippen LogP contribution in [0.15, 0.2) is 29.3 Å². The van der Waals surface area contributed by atoms with E-state index in [9.17, 15) is 0 Å². The van der Waals surface area contributed by atoms with Gasteiger partial charge in [-0.15, -0.1) is 0 Å². The molecule has 2 rings (SSSR count). The molecule has 0 saturated carbocycles. The standard InChI is InChI=1S/C21H36N6/c1-5-22-21(23-14-10-16-26(6-2)7-3)24-15-11-17-27-18(4)25-19-12-8-9-13-20(19)27/h8-9,12-13H,5-7,10-11,14-17H2,1-4H3,(H2,22,23,24). The van der Waals surface area contributed by atoms with Crippen LogP contribution in [-0.2, 0) is 6.54 Å². The fraction of sp³-hybridized carbons (Fsp3) is 0.619. The van der Waals surface area contributed by atoms with Crippen molar-refractivity contribution in [1.82, 2.24) is 25.1 Å².